The number of aromatic nitrogens is 1. The summed E-state index contributed by atoms with van der Waals surface area (Å²) in [6.07, 6.45) is 8.50. The van der Waals surface area contributed by atoms with Gasteiger partial charge in [-0.2, -0.15) is 0 Å². The van der Waals surface area contributed by atoms with Gasteiger partial charge in [0.1, 0.15) is 10.8 Å². The number of thiophene rings is 1. The van der Waals surface area contributed by atoms with Crippen LogP contribution in [0.5, 0.6) is 0 Å². The molecule has 5 aromatic rings. The summed E-state index contributed by atoms with van der Waals surface area (Å²) in [6.45, 7) is 4.75. The van der Waals surface area contributed by atoms with Gasteiger partial charge in [0.2, 0.25) is 0 Å². The van der Waals surface area contributed by atoms with E-state index in [1.165, 1.54) is 35.4 Å². The molecule has 6 heteroatoms. The van der Waals surface area contributed by atoms with Crippen LogP contribution in [0, 0.1) is 19.7 Å². The minimum Gasteiger partial charge on any atom is -0.340 e. The molecule has 208 valence electrons. The fourth-order valence-corrected chi connectivity index (χ4v) is 7.08. The molecule has 3 aromatic carbocycles. The molecule has 0 spiro atoms. The van der Waals surface area contributed by atoms with Gasteiger partial charge in [-0.25, -0.2) is 9.38 Å². The number of carbonyl (C=O) groups excluding carboxylic acids is 1. The Labute approximate surface area is 244 Å². The third kappa shape index (κ3) is 5.62. The first-order chi connectivity index (χ1) is 20.0. The molecule has 0 aliphatic heterocycles. The van der Waals surface area contributed by atoms with Crippen molar-refractivity contribution in [1.82, 2.24) is 4.57 Å². The van der Waals surface area contributed by atoms with Crippen LogP contribution < -0.4 is 5.32 Å². The lowest BCUT2D eigenvalue weighted by molar-refractivity contribution is 0.102. The Hall–Kier alpha value is -4.03. The zero-order valence-electron chi connectivity index (χ0n) is 23.5. The molecule has 0 saturated heterocycles. The Morgan fingerprint density at radius 1 is 0.951 bits per heavy atom. The number of hydrogen-bond acceptors (Lipinski definition) is 3. The minimum atomic E-state index is -0.233. The summed E-state index contributed by atoms with van der Waals surface area (Å²) >= 11 is 1.67. The number of amides is 1. The maximum absolute atomic E-state index is 13.8. The van der Waals surface area contributed by atoms with Crippen molar-refractivity contribution in [3.05, 3.63) is 117 Å². The topological polar surface area (TPSA) is 46.4 Å². The molecule has 0 radical (unpaired) electrons. The Morgan fingerprint density at radius 3 is 2.49 bits per heavy atom. The fraction of sp³-hybridized carbons (Fsp3) is 0.257. The summed E-state index contributed by atoms with van der Waals surface area (Å²) in [5.74, 6) is -0.317. The van der Waals surface area contributed by atoms with Crippen molar-refractivity contribution in [1.29, 1.82) is 0 Å². The van der Waals surface area contributed by atoms with Crippen LogP contribution in [0.15, 0.2) is 77.8 Å². The third-order valence-corrected chi connectivity index (χ3v) is 9.32. The van der Waals surface area contributed by atoms with Crippen LogP contribution in [0.3, 0.4) is 0 Å². The molecule has 6 rings (SSSR count). The first-order valence-corrected chi connectivity index (χ1v) is 15.2. The Balaban J connectivity index is 1.41. The van der Waals surface area contributed by atoms with Crippen LogP contribution in [-0.4, -0.2) is 16.7 Å². The largest absolute Gasteiger partial charge is 0.340 e. The van der Waals surface area contributed by atoms with Crippen LogP contribution in [-0.2, 0) is 19.4 Å². The van der Waals surface area contributed by atoms with E-state index in [9.17, 15) is 9.18 Å². The van der Waals surface area contributed by atoms with Gasteiger partial charge in [-0.15, -0.1) is 11.3 Å². The van der Waals surface area contributed by atoms with Crippen molar-refractivity contribution in [2.75, 3.05) is 5.32 Å². The Bertz CT molecular complexity index is 1750. The molecule has 0 fully saturated rings. The highest BCUT2D eigenvalue weighted by Crippen LogP contribution is 2.40. The van der Waals surface area contributed by atoms with Crippen molar-refractivity contribution in [3.8, 4) is 0 Å². The minimum absolute atomic E-state index is 0.0833. The molecule has 1 N–H and O–H groups in total. The van der Waals surface area contributed by atoms with Crippen molar-refractivity contribution in [3.63, 3.8) is 0 Å². The molecule has 41 heavy (non-hydrogen) atoms. The Kier molecular flexibility index (Phi) is 7.84. The summed E-state index contributed by atoms with van der Waals surface area (Å²) in [5, 5.41) is 5.06. The number of benzene rings is 3. The molecule has 4 nitrogen and oxygen atoms in total. The zero-order chi connectivity index (χ0) is 28.3. The summed E-state index contributed by atoms with van der Waals surface area (Å²) in [6, 6.07) is 22.9. The predicted octanol–water partition coefficient (Wildman–Crippen LogP) is 9.17. The lowest BCUT2D eigenvalue weighted by Crippen LogP contribution is -2.15. The fourth-order valence-electron chi connectivity index (χ4n) is 5.85. The van der Waals surface area contributed by atoms with Gasteiger partial charge in [0.05, 0.1) is 5.56 Å². The third-order valence-electron chi connectivity index (χ3n) is 8.12. The number of hydrogen-bond donors (Lipinski definition) is 1. The van der Waals surface area contributed by atoms with E-state index < -0.39 is 0 Å². The molecule has 0 saturated carbocycles. The van der Waals surface area contributed by atoms with E-state index in [-0.39, 0.29) is 11.7 Å². The number of carbonyl (C=O) groups is 1. The van der Waals surface area contributed by atoms with Gasteiger partial charge in [0.15, 0.2) is 0 Å². The summed E-state index contributed by atoms with van der Waals surface area (Å²) < 4.78 is 15.8. The quantitative estimate of drug-likeness (QED) is 0.206. The van der Waals surface area contributed by atoms with Crippen molar-refractivity contribution in [2.45, 2.75) is 58.9 Å². The number of fused-ring (bicyclic) bond motifs is 2. The van der Waals surface area contributed by atoms with Crippen molar-refractivity contribution >= 4 is 45.0 Å². The molecule has 2 heterocycles. The van der Waals surface area contributed by atoms with Crippen molar-refractivity contribution in [2.24, 2.45) is 4.99 Å². The summed E-state index contributed by atoms with van der Waals surface area (Å²) in [5.41, 5.74) is 8.02. The van der Waals surface area contributed by atoms with Crippen LogP contribution in [0.25, 0.3) is 10.9 Å². The van der Waals surface area contributed by atoms with Crippen LogP contribution in [0.4, 0.5) is 15.1 Å². The number of nitrogens with zero attached hydrogens (tertiary/aromatic N) is 2. The molecule has 1 aliphatic rings. The summed E-state index contributed by atoms with van der Waals surface area (Å²) in [4.78, 5) is 20.2. The number of para-hydroxylation sites is 2. The lowest BCUT2D eigenvalue weighted by Gasteiger charge is -2.12. The average Bonchev–Trinajstić information content (AvgIpc) is 3.43. The number of halogens is 1. The zero-order valence-corrected chi connectivity index (χ0v) is 24.4. The van der Waals surface area contributed by atoms with Crippen molar-refractivity contribution < 1.29 is 9.18 Å². The predicted molar refractivity (Wildman–Crippen MR) is 169 cm³/mol. The van der Waals surface area contributed by atoms with E-state index in [2.05, 4.69) is 28.9 Å². The standard InChI is InChI=1S/C35H34FN3OS/c1-23-11-7-9-14-30(23)38-34(40)33-28-13-5-3-4-6-16-32(28)41-35(33)37-21-29-24(2)39(31-15-10-8-12-27(29)31)22-25-17-19-26(36)20-18-25/h7-12,14-15,17-21H,3-6,13,16,22H2,1-2H3,(H,38,40). The van der Waals surface area contributed by atoms with E-state index in [4.69, 9.17) is 4.99 Å². The molecule has 0 unspecified atom stereocenters. The second-order valence-corrected chi connectivity index (χ2v) is 11.9. The smallest absolute Gasteiger partial charge is 0.259 e. The van der Waals surface area contributed by atoms with E-state index in [0.717, 1.165) is 75.2 Å². The van der Waals surface area contributed by atoms with Crippen LogP contribution >= 0.6 is 11.3 Å². The molecular formula is C35H34FN3OS. The number of aliphatic imine (C=N–C) groups is 1. The highest BCUT2D eigenvalue weighted by molar-refractivity contribution is 7.16. The number of rotatable bonds is 6. The van der Waals surface area contributed by atoms with Gasteiger partial charge in [0.25, 0.3) is 5.91 Å². The van der Waals surface area contributed by atoms with Gasteiger partial charge in [-0.1, -0.05) is 61.4 Å². The summed E-state index contributed by atoms with van der Waals surface area (Å²) in [7, 11) is 0. The molecule has 0 bridgehead atoms. The highest BCUT2D eigenvalue weighted by atomic mass is 32.1. The van der Waals surface area contributed by atoms with E-state index in [0.29, 0.717) is 6.54 Å². The number of nitrogens with one attached hydrogen (secondary N) is 1. The van der Waals surface area contributed by atoms with Crippen LogP contribution in [0.2, 0.25) is 0 Å². The molecule has 1 aliphatic carbocycles. The van der Waals surface area contributed by atoms with Crippen LogP contribution in [0.1, 0.15) is 68.9 Å². The average molecular weight is 564 g/mol. The SMILES string of the molecule is Cc1ccccc1NC(=O)c1c(N=Cc2c(C)n(Cc3ccc(F)cc3)c3ccccc23)sc2c1CCCCCC2. The monoisotopic (exact) mass is 563 g/mol. The first-order valence-electron chi connectivity index (χ1n) is 14.4. The van der Waals surface area contributed by atoms with E-state index >= 15 is 0 Å². The van der Waals surface area contributed by atoms with Gasteiger partial charge in [0, 0.05) is 45.5 Å². The number of aryl methyl sites for hydroxylation is 2. The lowest BCUT2D eigenvalue weighted by atomic mass is 9.96. The maximum atomic E-state index is 13.8. The van der Waals surface area contributed by atoms with Gasteiger partial charge >= 0.3 is 0 Å². The van der Waals surface area contributed by atoms with E-state index in [1.54, 1.807) is 11.3 Å². The molecule has 0 atom stereocenters. The Morgan fingerprint density at radius 2 is 1.68 bits per heavy atom. The molecular weight excluding hydrogens is 529 g/mol. The van der Waals surface area contributed by atoms with Gasteiger partial charge in [-0.05, 0) is 80.5 Å². The molecule has 1 amide bonds. The van der Waals surface area contributed by atoms with Gasteiger partial charge in [-0.3, -0.25) is 4.79 Å². The highest BCUT2D eigenvalue weighted by Gasteiger charge is 2.25. The van der Waals surface area contributed by atoms with E-state index in [1.807, 2.05) is 61.7 Å². The molecule has 2 aromatic heterocycles. The maximum Gasteiger partial charge on any atom is 0.259 e. The second-order valence-electron chi connectivity index (χ2n) is 10.9. The first kappa shape index (κ1) is 27.2. The normalized spacial score (nSPS) is 13.7. The number of anilines is 1. The second kappa shape index (κ2) is 11.8. The van der Waals surface area contributed by atoms with Gasteiger partial charge < -0.3 is 9.88 Å².